The van der Waals surface area contributed by atoms with E-state index in [1.54, 1.807) is 0 Å². The van der Waals surface area contributed by atoms with Crippen molar-refractivity contribution in [2.24, 2.45) is 0 Å². The lowest BCUT2D eigenvalue weighted by Crippen LogP contribution is -2.81. The maximum absolute atomic E-state index is 6.75. The van der Waals surface area contributed by atoms with Gasteiger partial charge in [-0.05, 0) is 24.3 Å². The third-order valence-corrected chi connectivity index (χ3v) is 14.6. The average Bonchev–Trinajstić information content (AvgIpc) is 2.75. The first kappa shape index (κ1) is 29.5. The second-order valence-electron chi connectivity index (χ2n) is 12.4. The van der Waals surface area contributed by atoms with Crippen molar-refractivity contribution in [1.82, 2.24) is 4.48 Å². The van der Waals surface area contributed by atoms with Gasteiger partial charge in [-0.15, -0.1) is 11.6 Å². The van der Waals surface area contributed by atoms with Crippen molar-refractivity contribution in [3.8, 4) is 0 Å². The molecule has 1 saturated heterocycles. The number of hydrogen-bond acceptors (Lipinski definition) is 2. The fraction of sp³-hybridized carbons (Fsp3) is 0.929. The molecule has 2 aliphatic rings. The number of nitrogens with zero attached hydrogens (tertiary/aromatic N) is 1. The van der Waals surface area contributed by atoms with Crippen LogP contribution in [0.4, 0.5) is 0 Å². The van der Waals surface area contributed by atoms with E-state index in [2.05, 4.69) is 57.4 Å². The first-order chi connectivity index (χ1) is 15.7. The monoisotopic (exact) mass is 495 g/mol. The van der Waals surface area contributed by atoms with Crippen LogP contribution in [0.5, 0.6) is 0 Å². The van der Waals surface area contributed by atoms with E-state index >= 15 is 0 Å². The maximum Gasteiger partial charge on any atom is 0.388 e. The third kappa shape index (κ3) is 7.61. The van der Waals surface area contributed by atoms with Gasteiger partial charge in [0.15, 0.2) is 0 Å². The Balaban J connectivity index is 1.79. The van der Waals surface area contributed by atoms with Crippen LogP contribution in [-0.4, -0.2) is 38.3 Å². The van der Waals surface area contributed by atoms with Gasteiger partial charge in [0.25, 0.3) is 0 Å². The zero-order valence-corrected chi connectivity index (χ0v) is 24.8. The number of rotatable bonds is 19. The molecule has 33 heavy (non-hydrogen) atoms. The molecule has 0 radical (unpaired) electrons. The smallest absolute Gasteiger partial charge is 0.388 e. The molecule has 0 N–H and O–H groups in total. The summed E-state index contributed by atoms with van der Waals surface area (Å²) in [6, 6.07) is 0.615. The molecular weight excluding hydrogens is 441 g/mol. The molecule has 1 aliphatic heterocycles. The van der Waals surface area contributed by atoms with Crippen LogP contribution in [0.2, 0.25) is 23.4 Å². The minimum atomic E-state index is -1.61. The summed E-state index contributed by atoms with van der Waals surface area (Å²) in [4.78, 5) is 0. The number of hydrogen-bond donors (Lipinski definition) is 0. The van der Waals surface area contributed by atoms with Crippen molar-refractivity contribution >= 4 is 26.9 Å². The molecule has 0 bridgehead atoms. The summed E-state index contributed by atoms with van der Waals surface area (Å²) in [5, 5.41) is 0.636. The standard InChI is InChI=1S/C28H55BClNOSi/c1-7-8-9-10-11-12-13-14-17-20-25-32-29-28(22-18-15-16-19-24-30)23-21-26(28)31(29)33(5,6)27(2,3)4/h21,23,26H,7-20,22,24-25H2,1-6H3/t26-,28+/m1/s1. The SMILES string of the molecule is CCCCCCCCCCCCOB1N([Si](C)(C)C(C)(C)C)[C@@H]2C=C[C@]12CCCCCCCl. The lowest BCUT2D eigenvalue weighted by Gasteiger charge is -2.70. The zero-order chi connectivity index (χ0) is 24.4. The molecule has 2 atom stereocenters. The lowest BCUT2D eigenvalue weighted by atomic mass is 9.36. The summed E-state index contributed by atoms with van der Waals surface area (Å²) in [5.74, 6) is 0.803. The van der Waals surface area contributed by atoms with E-state index in [1.165, 1.54) is 89.9 Å². The Labute approximate surface area is 213 Å². The fourth-order valence-electron chi connectivity index (χ4n) is 5.61. The van der Waals surface area contributed by atoms with Crippen LogP contribution in [0, 0.1) is 0 Å². The summed E-state index contributed by atoms with van der Waals surface area (Å²) >= 11 is 5.88. The highest BCUT2D eigenvalue weighted by Gasteiger charge is 2.70. The summed E-state index contributed by atoms with van der Waals surface area (Å²) in [6.07, 6.45) is 25.1. The molecule has 2 rings (SSSR count). The van der Waals surface area contributed by atoms with Crippen LogP contribution in [0.25, 0.3) is 0 Å². The van der Waals surface area contributed by atoms with Gasteiger partial charge in [-0.25, -0.2) is 0 Å². The number of unbranched alkanes of at least 4 members (excludes halogenated alkanes) is 12. The van der Waals surface area contributed by atoms with Crippen molar-refractivity contribution in [2.45, 2.75) is 153 Å². The van der Waals surface area contributed by atoms with Gasteiger partial charge >= 0.3 is 7.05 Å². The van der Waals surface area contributed by atoms with Crippen molar-refractivity contribution in [1.29, 1.82) is 0 Å². The molecule has 0 amide bonds. The van der Waals surface area contributed by atoms with E-state index in [4.69, 9.17) is 16.3 Å². The highest BCUT2D eigenvalue weighted by atomic mass is 35.5. The van der Waals surface area contributed by atoms with E-state index < -0.39 is 8.24 Å². The normalized spacial score (nSPS) is 22.9. The van der Waals surface area contributed by atoms with Crippen molar-refractivity contribution < 1.29 is 4.65 Å². The highest BCUT2D eigenvalue weighted by molar-refractivity contribution is 6.87. The molecule has 1 aliphatic carbocycles. The second kappa shape index (κ2) is 14.1. The Bertz CT molecular complexity index is 579. The quantitative estimate of drug-likeness (QED) is 0.0765. The second-order valence-corrected chi connectivity index (χ2v) is 17.9. The number of alkyl halides is 1. The average molecular weight is 496 g/mol. The molecule has 1 fully saturated rings. The van der Waals surface area contributed by atoms with Crippen molar-refractivity contribution in [3.05, 3.63) is 12.2 Å². The van der Waals surface area contributed by atoms with E-state index in [1.807, 2.05) is 0 Å². The van der Waals surface area contributed by atoms with Crippen molar-refractivity contribution in [2.75, 3.05) is 12.5 Å². The Morgan fingerprint density at radius 2 is 1.42 bits per heavy atom. The van der Waals surface area contributed by atoms with Crippen LogP contribution < -0.4 is 0 Å². The molecule has 0 aromatic rings. The summed E-state index contributed by atoms with van der Waals surface area (Å²) in [7, 11) is -1.30. The van der Waals surface area contributed by atoms with Crippen LogP contribution in [0.15, 0.2) is 12.2 Å². The predicted molar refractivity (Wildman–Crippen MR) is 152 cm³/mol. The summed E-state index contributed by atoms with van der Waals surface area (Å²) in [5.41, 5.74) is 0. The first-order valence-electron chi connectivity index (χ1n) is 14.4. The molecule has 2 nitrogen and oxygen atoms in total. The van der Waals surface area contributed by atoms with Gasteiger partial charge in [0.05, 0.1) is 0 Å². The largest absolute Gasteiger partial charge is 0.421 e. The van der Waals surface area contributed by atoms with Crippen LogP contribution in [0.1, 0.15) is 124 Å². The molecular formula is C28H55BClNOSi. The van der Waals surface area contributed by atoms with Gasteiger partial charge in [-0.2, -0.15) is 0 Å². The first-order valence-corrected chi connectivity index (χ1v) is 17.9. The highest BCUT2D eigenvalue weighted by Crippen LogP contribution is 2.63. The lowest BCUT2D eigenvalue weighted by molar-refractivity contribution is 0.157. The Morgan fingerprint density at radius 1 is 0.879 bits per heavy atom. The molecule has 0 saturated carbocycles. The van der Waals surface area contributed by atoms with Crippen molar-refractivity contribution in [3.63, 3.8) is 0 Å². The van der Waals surface area contributed by atoms with Gasteiger partial charge < -0.3 is 9.13 Å². The van der Waals surface area contributed by atoms with E-state index in [0.29, 0.717) is 18.1 Å². The number of halogens is 1. The Hall–Kier alpha value is 0.232. The molecule has 0 spiro atoms. The number of fused-ring (bicyclic) bond motifs is 1. The molecule has 0 aromatic carbocycles. The summed E-state index contributed by atoms with van der Waals surface area (Å²) in [6.45, 7) is 15.7. The van der Waals surface area contributed by atoms with Crippen LogP contribution in [-0.2, 0) is 4.65 Å². The van der Waals surface area contributed by atoms with Gasteiger partial charge in [-0.1, -0.05) is 130 Å². The third-order valence-electron chi connectivity index (χ3n) is 8.90. The molecule has 5 heteroatoms. The molecule has 0 unspecified atom stereocenters. The molecule has 192 valence electrons. The van der Waals surface area contributed by atoms with Gasteiger partial charge in [0.2, 0.25) is 0 Å². The minimum Gasteiger partial charge on any atom is -0.421 e. The molecule has 0 aromatic heterocycles. The molecule has 1 heterocycles. The van der Waals surface area contributed by atoms with E-state index in [9.17, 15) is 0 Å². The van der Waals surface area contributed by atoms with Gasteiger partial charge in [0.1, 0.15) is 8.24 Å². The maximum atomic E-state index is 6.75. The topological polar surface area (TPSA) is 12.5 Å². The Kier molecular flexibility index (Phi) is 12.6. The van der Waals surface area contributed by atoms with E-state index in [-0.39, 0.29) is 5.31 Å². The summed E-state index contributed by atoms with van der Waals surface area (Å²) < 4.78 is 9.58. The predicted octanol–water partition coefficient (Wildman–Crippen LogP) is 9.60. The van der Waals surface area contributed by atoms with Gasteiger partial charge in [-0.3, -0.25) is 0 Å². The Morgan fingerprint density at radius 3 is 1.94 bits per heavy atom. The minimum absolute atomic E-state index is 0.287. The van der Waals surface area contributed by atoms with E-state index in [0.717, 1.165) is 18.9 Å². The zero-order valence-electron chi connectivity index (χ0n) is 23.1. The van der Waals surface area contributed by atoms with Crippen LogP contribution >= 0.6 is 11.6 Å². The van der Waals surface area contributed by atoms with Crippen LogP contribution in [0.3, 0.4) is 0 Å². The fourth-order valence-corrected chi connectivity index (χ4v) is 8.50. The van der Waals surface area contributed by atoms with Gasteiger partial charge in [0, 0.05) is 23.8 Å².